The Morgan fingerprint density at radius 1 is 1.42 bits per heavy atom. The molecule has 104 valence electrons. The van der Waals surface area contributed by atoms with E-state index in [0.717, 1.165) is 25.9 Å². The van der Waals surface area contributed by atoms with Gasteiger partial charge in [-0.05, 0) is 38.1 Å². The molecule has 7 N–H and O–H groups in total. The molecule has 8 heteroatoms. The fourth-order valence-corrected chi connectivity index (χ4v) is 2.12. The summed E-state index contributed by atoms with van der Waals surface area (Å²) in [6, 6.07) is 3.40. The average Bonchev–Trinajstić information content (AvgIpc) is 2.42. The van der Waals surface area contributed by atoms with Crippen LogP contribution < -0.4 is 22.6 Å². The van der Waals surface area contributed by atoms with E-state index in [1.165, 1.54) is 5.12 Å². The standard InChI is InChI=1S/C11H18ClN7/c12-9-2-1-8(13)10(17-9)11(14)18-19(15)7-3-5-16-6-4-7/h1-2,7,16H,3-6,13,15H2,(H2,14,18). The Kier molecular flexibility index (Phi) is 4.41. The zero-order valence-corrected chi connectivity index (χ0v) is 11.3. The Morgan fingerprint density at radius 3 is 2.79 bits per heavy atom. The van der Waals surface area contributed by atoms with E-state index in [1.54, 1.807) is 12.1 Å². The second kappa shape index (κ2) is 6.05. The lowest BCUT2D eigenvalue weighted by Gasteiger charge is -2.28. The first-order valence-electron chi connectivity index (χ1n) is 6.09. The Morgan fingerprint density at radius 2 is 2.11 bits per heavy atom. The van der Waals surface area contributed by atoms with Crippen molar-refractivity contribution < 1.29 is 0 Å². The molecular weight excluding hydrogens is 266 g/mol. The summed E-state index contributed by atoms with van der Waals surface area (Å²) in [5.41, 5.74) is 12.5. The van der Waals surface area contributed by atoms with Gasteiger partial charge in [0.1, 0.15) is 10.8 Å². The van der Waals surface area contributed by atoms with Gasteiger partial charge < -0.3 is 16.8 Å². The Balaban J connectivity index is 2.15. The van der Waals surface area contributed by atoms with Crippen LogP contribution in [-0.4, -0.2) is 35.1 Å². The molecule has 0 aliphatic carbocycles. The second-order valence-corrected chi connectivity index (χ2v) is 4.81. The summed E-state index contributed by atoms with van der Waals surface area (Å²) in [4.78, 5) is 4.06. The smallest absolute Gasteiger partial charge is 0.173 e. The summed E-state index contributed by atoms with van der Waals surface area (Å²) in [7, 11) is 0. The molecule has 0 spiro atoms. The number of nitrogens with zero attached hydrogens (tertiary/aromatic N) is 3. The Labute approximate surface area is 116 Å². The van der Waals surface area contributed by atoms with Crippen molar-refractivity contribution in [3.05, 3.63) is 23.0 Å². The van der Waals surface area contributed by atoms with Crippen LogP contribution in [0.25, 0.3) is 0 Å². The van der Waals surface area contributed by atoms with E-state index in [0.29, 0.717) is 16.5 Å². The molecule has 0 unspecified atom stereocenters. The van der Waals surface area contributed by atoms with Gasteiger partial charge in [0.05, 0.1) is 11.7 Å². The number of pyridine rings is 1. The Bertz CT molecular complexity index is 470. The Hall–Kier alpha value is -1.57. The minimum atomic E-state index is 0.167. The van der Waals surface area contributed by atoms with Gasteiger partial charge in [0, 0.05) is 0 Å². The molecule has 0 atom stereocenters. The van der Waals surface area contributed by atoms with E-state index < -0.39 is 0 Å². The highest BCUT2D eigenvalue weighted by Gasteiger charge is 2.18. The van der Waals surface area contributed by atoms with Crippen LogP contribution in [0.1, 0.15) is 18.5 Å². The number of rotatable bonds is 3. The van der Waals surface area contributed by atoms with Crippen molar-refractivity contribution in [3.8, 4) is 0 Å². The SMILES string of the molecule is N/C(=N\N(N)C1CCNCC1)c1nc(Cl)ccc1N. The molecule has 7 nitrogen and oxygen atoms in total. The number of amidine groups is 1. The van der Waals surface area contributed by atoms with Crippen molar-refractivity contribution in [2.75, 3.05) is 18.8 Å². The molecular formula is C11H18ClN7. The van der Waals surface area contributed by atoms with Gasteiger partial charge in [-0.25, -0.2) is 15.9 Å². The lowest BCUT2D eigenvalue weighted by molar-refractivity contribution is 0.171. The number of piperidine rings is 1. The van der Waals surface area contributed by atoms with Crippen LogP contribution in [0.3, 0.4) is 0 Å². The van der Waals surface area contributed by atoms with Crippen LogP contribution in [0.5, 0.6) is 0 Å². The maximum absolute atomic E-state index is 5.91. The van der Waals surface area contributed by atoms with Crippen LogP contribution in [0, 0.1) is 0 Å². The molecule has 1 aliphatic heterocycles. The van der Waals surface area contributed by atoms with Crippen LogP contribution in [0.15, 0.2) is 17.2 Å². The fourth-order valence-electron chi connectivity index (χ4n) is 1.98. The molecule has 0 saturated carbocycles. The van der Waals surface area contributed by atoms with Crippen molar-refractivity contribution in [2.24, 2.45) is 16.7 Å². The molecule has 2 heterocycles. The third-order valence-electron chi connectivity index (χ3n) is 3.04. The molecule has 1 aliphatic rings. The van der Waals surface area contributed by atoms with E-state index in [-0.39, 0.29) is 11.9 Å². The highest BCUT2D eigenvalue weighted by atomic mass is 35.5. The van der Waals surface area contributed by atoms with Gasteiger partial charge >= 0.3 is 0 Å². The number of hydrazine groups is 1. The number of nitrogen functional groups attached to an aromatic ring is 1. The van der Waals surface area contributed by atoms with E-state index in [2.05, 4.69) is 15.4 Å². The van der Waals surface area contributed by atoms with Crippen LogP contribution in [-0.2, 0) is 0 Å². The third kappa shape index (κ3) is 3.46. The van der Waals surface area contributed by atoms with Crippen LogP contribution >= 0.6 is 11.6 Å². The number of nitrogens with two attached hydrogens (primary N) is 3. The summed E-state index contributed by atoms with van der Waals surface area (Å²) < 4.78 is 0. The predicted molar refractivity (Wildman–Crippen MR) is 76.3 cm³/mol. The fraction of sp³-hybridized carbons (Fsp3) is 0.455. The maximum atomic E-state index is 5.91. The van der Waals surface area contributed by atoms with Gasteiger partial charge in [-0.15, -0.1) is 5.10 Å². The largest absolute Gasteiger partial charge is 0.397 e. The van der Waals surface area contributed by atoms with Gasteiger partial charge in [-0.2, -0.15) is 0 Å². The number of hydrogen-bond donors (Lipinski definition) is 4. The molecule has 1 aromatic rings. The molecule has 1 saturated heterocycles. The molecule has 0 bridgehead atoms. The monoisotopic (exact) mass is 283 g/mol. The number of hydrazone groups is 1. The molecule has 1 fully saturated rings. The number of nitrogens with one attached hydrogen (secondary N) is 1. The van der Waals surface area contributed by atoms with Crippen LogP contribution in [0.2, 0.25) is 5.15 Å². The van der Waals surface area contributed by atoms with Gasteiger partial charge in [-0.1, -0.05) is 11.6 Å². The molecule has 2 rings (SSSR count). The second-order valence-electron chi connectivity index (χ2n) is 4.42. The zero-order valence-electron chi connectivity index (χ0n) is 10.5. The summed E-state index contributed by atoms with van der Waals surface area (Å²) in [5.74, 6) is 6.08. The molecule has 0 radical (unpaired) electrons. The normalized spacial score (nSPS) is 17.5. The number of hydrogen-bond acceptors (Lipinski definition) is 6. The lowest BCUT2D eigenvalue weighted by Crippen LogP contribution is -2.45. The zero-order chi connectivity index (χ0) is 13.8. The van der Waals surface area contributed by atoms with E-state index in [4.69, 9.17) is 28.9 Å². The summed E-state index contributed by atoms with van der Waals surface area (Å²) in [6.45, 7) is 1.84. The lowest BCUT2D eigenvalue weighted by atomic mass is 10.1. The topological polar surface area (TPSA) is 119 Å². The highest BCUT2D eigenvalue weighted by molar-refractivity contribution is 6.29. The van der Waals surface area contributed by atoms with Crippen molar-refractivity contribution in [1.29, 1.82) is 0 Å². The summed E-state index contributed by atoms with van der Waals surface area (Å²) >= 11 is 5.82. The first-order chi connectivity index (χ1) is 9.08. The minimum Gasteiger partial charge on any atom is -0.397 e. The van der Waals surface area contributed by atoms with Crippen molar-refractivity contribution in [2.45, 2.75) is 18.9 Å². The van der Waals surface area contributed by atoms with E-state index >= 15 is 0 Å². The van der Waals surface area contributed by atoms with Crippen molar-refractivity contribution >= 4 is 23.1 Å². The van der Waals surface area contributed by atoms with Crippen LogP contribution in [0.4, 0.5) is 5.69 Å². The van der Waals surface area contributed by atoms with Gasteiger partial charge in [0.2, 0.25) is 0 Å². The van der Waals surface area contributed by atoms with Gasteiger partial charge in [0.25, 0.3) is 0 Å². The minimum absolute atomic E-state index is 0.167. The van der Waals surface area contributed by atoms with Crippen molar-refractivity contribution in [3.63, 3.8) is 0 Å². The quantitative estimate of drug-likeness (QED) is 0.202. The summed E-state index contributed by atoms with van der Waals surface area (Å²) in [6.07, 6.45) is 1.84. The number of anilines is 1. The van der Waals surface area contributed by atoms with Gasteiger partial charge in [0.15, 0.2) is 5.84 Å². The van der Waals surface area contributed by atoms with Crippen molar-refractivity contribution in [1.82, 2.24) is 15.4 Å². The van der Waals surface area contributed by atoms with E-state index in [9.17, 15) is 0 Å². The summed E-state index contributed by atoms with van der Waals surface area (Å²) in [5, 5.41) is 9.11. The maximum Gasteiger partial charge on any atom is 0.173 e. The average molecular weight is 284 g/mol. The number of halogens is 1. The van der Waals surface area contributed by atoms with E-state index in [1.807, 2.05) is 0 Å². The predicted octanol–water partition coefficient (Wildman–Crippen LogP) is -0.135. The first kappa shape index (κ1) is 13.9. The molecule has 19 heavy (non-hydrogen) atoms. The molecule has 1 aromatic heterocycles. The van der Waals surface area contributed by atoms with Gasteiger partial charge in [-0.3, -0.25) is 0 Å². The first-order valence-corrected chi connectivity index (χ1v) is 6.47. The number of aromatic nitrogens is 1. The molecule has 0 amide bonds. The third-order valence-corrected chi connectivity index (χ3v) is 3.25. The highest BCUT2D eigenvalue weighted by Crippen LogP contribution is 2.14. The molecule has 0 aromatic carbocycles.